The quantitative estimate of drug-likeness (QED) is 0.500. The van der Waals surface area contributed by atoms with E-state index in [0.717, 1.165) is 0 Å². The van der Waals surface area contributed by atoms with Crippen molar-refractivity contribution in [1.29, 1.82) is 0 Å². The summed E-state index contributed by atoms with van der Waals surface area (Å²) in [5, 5.41) is 6.95. The van der Waals surface area contributed by atoms with Gasteiger partial charge in [0.25, 0.3) is 0 Å². The van der Waals surface area contributed by atoms with Crippen LogP contribution in [0.4, 0.5) is 19.0 Å². The highest BCUT2D eigenvalue weighted by Crippen LogP contribution is 2.37. The molecule has 1 aliphatic rings. The average Bonchev–Trinajstić information content (AvgIpc) is 3.22. The van der Waals surface area contributed by atoms with Gasteiger partial charge in [-0.3, -0.25) is 4.68 Å². The van der Waals surface area contributed by atoms with E-state index >= 15 is 0 Å². The molecule has 4 rings (SSSR count). The molecule has 1 aliphatic heterocycles. The van der Waals surface area contributed by atoms with Gasteiger partial charge < -0.3 is 15.8 Å². The molecule has 3 aromatic rings. The summed E-state index contributed by atoms with van der Waals surface area (Å²) in [6, 6.07) is 3.16. The van der Waals surface area contributed by atoms with Gasteiger partial charge in [0.2, 0.25) is 0 Å². The van der Waals surface area contributed by atoms with E-state index < -0.39 is 30.3 Å². The number of nitrogens with two attached hydrogens (primary N) is 1. The Balaban J connectivity index is 1.60. The molecule has 1 saturated heterocycles. The van der Waals surface area contributed by atoms with Crippen LogP contribution in [0, 0.1) is 5.82 Å². The normalized spacial score (nSPS) is 20.3. The molecule has 3 heterocycles. The van der Waals surface area contributed by atoms with Gasteiger partial charge in [0.05, 0.1) is 11.2 Å². The number of benzene rings is 1. The minimum Gasteiger partial charge on any atom is -0.482 e. The lowest BCUT2D eigenvalue weighted by Crippen LogP contribution is -2.47. The Morgan fingerprint density at radius 3 is 2.62 bits per heavy atom. The van der Waals surface area contributed by atoms with E-state index in [1.807, 2.05) is 0 Å². The number of aromatic nitrogens is 3. The molecule has 0 amide bonds. The second-order valence-corrected chi connectivity index (χ2v) is 8.30. The van der Waals surface area contributed by atoms with Crippen molar-refractivity contribution in [2.45, 2.75) is 31.4 Å². The third-order valence-corrected chi connectivity index (χ3v) is 6.05. The number of halogens is 5. The number of rotatable bonds is 5. The van der Waals surface area contributed by atoms with E-state index in [9.17, 15) is 13.2 Å². The predicted molar refractivity (Wildman–Crippen MR) is 117 cm³/mol. The van der Waals surface area contributed by atoms with Crippen molar-refractivity contribution in [2.24, 2.45) is 0 Å². The van der Waals surface area contributed by atoms with Crippen LogP contribution < -0.4 is 15.8 Å². The van der Waals surface area contributed by atoms with Gasteiger partial charge in [-0.05, 0) is 25.1 Å². The fourth-order valence-corrected chi connectivity index (χ4v) is 4.36. The maximum absolute atomic E-state index is 14.3. The van der Waals surface area contributed by atoms with Crippen molar-refractivity contribution < 1.29 is 17.9 Å². The SMILES string of the molecule is C[C@@H](Oc1cc(-c2cnn(C3[C@H](F)CNC[C@H]3F)c2)cnc1N)c1c(Cl)ccc(F)c1Cl. The van der Waals surface area contributed by atoms with Crippen molar-refractivity contribution in [3.05, 3.63) is 58.2 Å². The summed E-state index contributed by atoms with van der Waals surface area (Å²) < 4.78 is 49.6. The minimum atomic E-state index is -1.41. The molecule has 1 fully saturated rings. The number of pyridine rings is 1. The number of hydrogen-bond donors (Lipinski definition) is 2. The molecule has 3 N–H and O–H groups in total. The Morgan fingerprint density at radius 1 is 1.19 bits per heavy atom. The first kappa shape index (κ1) is 22.7. The number of hydrogen-bond acceptors (Lipinski definition) is 5. The fourth-order valence-electron chi connectivity index (χ4n) is 3.68. The molecule has 0 bridgehead atoms. The largest absolute Gasteiger partial charge is 0.482 e. The second kappa shape index (κ2) is 9.17. The van der Waals surface area contributed by atoms with E-state index in [2.05, 4.69) is 15.4 Å². The summed E-state index contributed by atoms with van der Waals surface area (Å²) in [6.45, 7) is 1.77. The third kappa shape index (κ3) is 4.37. The van der Waals surface area contributed by atoms with Crippen molar-refractivity contribution in [1.82, 2.24) is 20.1 Å². The Morgan fingerprint density at radius 2 is 1.91 bits per heavy atom. The van der Waals surface area contributed by atoms with Crippen LogP contribution in [0.1, 0.15) is 24.6 Å². The molecular formula is C21H20Cl2F3N5O. The first-order valence-electron chi connectivity index (χ1n) is 9.85. The van der Waals surface area contributed by atoms with Gasteiger partial charge >= 0.3 is 0 Å². The van der Waals surface area contributed by atoms with Crippen molar-refractivity contribution >= 4 is 29.0 Å². The highest BCUT2D eigenvalue weighted by Gasteiger charge is 2.35. The zero-order valence-corrected chi connectivity index (χ0v) is 18.4. The van der Waals surface area contributed by atoms with Crippen molar-refractivity contribution in [3.63, 3.8) is 0 Å². The Hall–Kier alpha value is -2.49. The molecule has 0 radical (unpaired) electrons. The van der Waals surface area contributed by atoms with Gasteiger partial charge in [0, 0.05) is 47.2 Å². The van der Waals surface area contributed by atoms with Gasteiger partial charge in [-0.2, -0.15) is 5.10 Å². The summed E-state index contributed by atoms with van der Waals surface area (Å²) >= 11 is 12.2. The topological polar surface area (TPSA) is 78.0 Å². The first-order valence-corrected chi connectivity index (χ1v) is 10.6. The number of ether oxygens (including phenoxy) is 1. The van der Waals surface area contributed by atoms with Crippen LogP contribution in [0.15, 0.2) is 36.8 Å². The zero-order valence-electron chi connectivity index (χ0n) is 16.9. The monoisotopic (exact) mass is 485 g/mol. The summed E-state index contributed by atoms with van der Waals surface area (Å²) in [5.41, 5.74) is 7.38. The Bertz CT molecular complexity index is 1120. The maximum Gasteiger partial charge on any atom is 0.166 e. The van der Waals surface area contributed by atoms with E-state index in [-0.39, 0.29) is 40.3 Å². The standard InChI is InChI=1S/C21H20Cl2F3N5O/c1-10(18-13(22)2-3-14(24)19(18)23)32-17-4-11(5-29-21(17)27)12-6-30-31(9-12)20-15(25)7-28-8-16(20)26/h2-6,9-10,15-16,20,28H,7-8H2,1H3,(H2,27,29)/t10-,15-,16-/m1/s1. The van der Waals surface area contributed by atoms with Crippen LogP contribution in [0.2, 0.25) is 10.0 Å². The molecule has 170 valence electrons. The smallest absolute Gasteiger partial charge is 0.166 e. The molecule has 3 atom stereocenters. The van der Waals surface area contributed by atoms with E-state index in [1.165, 1.54) is 29.2 Å². The lowest BCUT2D eigenvalue weighted by molar-refractivity contribution is 0.0882. The highest BCUT2D eigenvalue weighted by molar-refractivity contribution is 6.36. The Kier molecular flexibility index (Phi) is 6.50. The second-order valence-electron chi connectivity index (χ2n) is 7.51. The van der Waals surface area contributed by atoms with Crippen molar-refractivity contribution in [2.75, 3.05) is 18.8 Å². The molecule has 11 heteroatoms. The molecule has 0 unspecified atom stereocenters. The number of nitrogen functional groups attached to an aromatic ring is 1. The number of nitrogens with one attached hydrogen (secondary N) is 1. The average molecular weight is 486 g/mol. The maximum atomic E-state index is 14.3. The lowest BCUT2D eigenvalue weighted by Gasteiger charge is -2.30. The van der Waals surface area contributed by atoms with E-state index in [1.54, 1.807) is 19.2 Å². The minimum absolute atomic E-state index is 0.0603. The van der Waals surface area contributed by atoms with Crippen LogP contribution >= 0.6 is 23.2 Å². The number of piperidine rings is 1. The predicted octanol–water partition coefficient (Wildman–Crippen LogP) is 4.93. The van der Waals surface area contributed by atoms with Gasteiger partial charge in [-0.15, -0.1) is 0 Å². The molecule has 0 spiro atoms. The molecule has 6 nitrogen and oxygen atoms in total. The fraction of sp³-hybridized carbons (Fsp3) is 0.333. The van der Waals surface area contributed by atoms with Crippen LogP contribution in [-0.4, -0.2) is 40.2 Å². The molecule has 2 aromatic heterocycles. The number of alkyl halides is 2. The van der Waals surface area contributed by atoms with E-state index in [4.69, 9.17) is 33.7 Å². The van der Waals surface area contributed by atoms with Gasteiger partial charge in [0.1, 0.15) is 30.3 Å². The van der Waals surface area contributed by atoms with Crippen LogP contribution in [0.3, 0.4) is 0 Å². The molecule has 0 aliphatic carbocycles. The molecule has 0 saturated carbocycles. The third-order valence-electron chi connectivity index (χ3n) is 5.33. The van der Waals surface area contributed by atoms with Crippen LogP contribution in [0.5, 0.6) is 5.75 Å². The Labute approximate surface area is 192 Å². The van der Waals surface area contributed by atoms with Gasteiger partial charge in [0.15, 0.2) is 11.6 Å². The van der Waals surface area contributed by atoms with Crippen LogP contribution in [-0.2, 0) is 0 Å². The summed E-state index contributed by atoms with van der Waals surface area (Å²) in [5.74, 6) is -0.306. The summed E-state index contributed by atoms with van der Waals surface area (Å²) in [6.07, 6.45) is 0.992. The molecule has 1 aromatic carbocycles. The summed E-state index contributed by atoms with van der Waals surface area (Å²) in [7, 11) is 0. The number of nitrogens with zero attached hydrogens (tertiary/aromatic N) is 3. The zero-order chi connectivity index (χ0) is 23.0. The number of anilines is 1. The van der Waals surface area contributed by atoms with Gasteiger partial charge in [-0.1, -0.05) is 23.2 Å². The summed E-state index contributed by atoms with van der Waals surface area (Å²) in [4.78, 5) is 4.13. The first-order chi connectivity index (χ1) is 15.3. The molecule has 32 heavy (non-hydrogen) atoms. The van der Waals surface area contributed by atoms with Crippen molar-refractivity contribution in [3.8, 4) is 16.9 Å². The van der Waals surface area contributed by atoms with E-state index in [0.29, 0.717) is 11.1 Å². The molecular weight excluding hydrogens is 466 g/mol. The van der Waals surface area contributed by atoms with Gasteiger partial charge in [-0.25, -0.2) is 18.2 Å². The highest BCUT2D eigenvalue weighted by atomic mass is 35.5. The lowest BCUT2D eigenvalue weighted by atomic mass is 10.0. The van der Waals surface area contributed by atoms with Crippen LogP contribution in [0.25, 0.3) is 11.1 Å².